The van der Waals surface area contributed by atoms with Crippen molar-refractivity contribution in [1.29, 1.82) is 0 Å². The number of ether oxygens (including phenoxy) is 2. The van der Waals surface area contributed by atoms with Gasteiger partial charge >= 0.3 is 12.2 Å². The van der Waals surface area contributed by atoms with Crippen molar-refractivity contribution in [2.45, 2.75) is 71.9 Å². The maximum Gasteiger partial charge on any atom is 0.408 e. The van der Waals surface area contributed by atoms with Gasteiger partial charge in [0.15, 0.2) is 0 Å². The Balaban J connectivity index is 1.53. The lowest BCUT2D eigenvalue weighted by Crippen LogP contribution is -2.53. The van der Waals surface area contributed by atoms with Crippen LogP contribution in [0.3, 0.4) is 0 Å². The van der Waals surface area contributed by atoms with Crippen LogP contribution in [-0.2, 0) is 32.3 Å². The van der Waals surface area contributed by atoms with Crippen molar-refractivity contribution in [2.24, 2.45) is 17.8 Å². The van der Waals surface area contributed by atoms with Crippen molar-refractivity contribution in [2.75, 3.05) is 19.6 Å². The summed E-state index contributed by atoms with van der Waals surface area (Å²) in [5.41, 5.74) is 1.61. The van der Waals surface area contributed by atoms with Crippen LogP contribution >= 0.6 is 0 Å². The van der Waals surface area contributed by atoms with Gasteiger partial charge in [0, 0.05) is 32.0 Å². The quantitative estimate of drug-likeness (QED) is 0.254. The molecule has 4 atom stereocenters. The predicted molar refractivity (Wildman–Crippen MR) is 163 cm³/mol. The van der Waals surface area contributed by atoms with Gasteiger partial charge in [-0.05, 0) is 47.9 Å². The van der Waals surface area contributed by atoms with Gasteiger partial charge in [0.25, 0.3) is 0 Å². The number of carbonyl (C=O) groups is 4. The van der Waals surface area contributed by atoms with E-state index in [0.29, 0.717) is 12.8 Å². The molecule has 1 aliphatic heterocycles. The number of benzene rings is 1. The van der Waals surface area contributed by atoms with E-state index in [1.54, 1.807) is 24.5 Å². The Kier molecular flexibility index (Phi) is 13.4. The van der Waals surface area contributed by atoms with Crippen molar-refractivity contribution in [3.8, 4) is 0 Å². The fraction of sp³-hybridized carbons (Fsp3) is 0.531. The molecule has 2 aromatic rings. The van der Waals surface area contributed by atoms with Crippen LogP contribution < -0.4 is 16.0 Å². The van der Waals surface area contributed by atoms with E-state index in [0.717, 1.165) is 11.1 Å². The summed E-state index contributed by atoms with van der Waals surface area (Å²) < 4.78 is 10.5. The van der Waals surface area contributed by atoms with Crippen LogP contribution in [0.15, 0.2) is 54.9 Å². The zero-order valence-electron chi connectivity index (χ0n) is 25.9. The average Bonchev–Trinajstić information content (AvgIpc) is 3.36. The van der Waals surface area contributed by atoms with Crippen LogP contribution in [0, 0.1) is 17.8 Å². The van der Waals surface area contributed by atoms with E-state index in [1.165, 1.54) is 4.90 Å². The third-order valence-corrected chi connectivity index (χ3v) is 7.17. The number of carbonyl (C=O) groups excluding carboxylic acids is 4. The number of hydrogen-bond donors (Lipinski definition) is 4. The maximum absolute atomic E-state index is 13.5. The first kappa shape index (κ1) is 34.3. The summed E-state index contributed by atoms with van der Waals surface area (Å²) in [6.07, 6.45) is 1.70. The molecule has 0 bridgehead atoms. The third kappa shape index (κ3) is 11.5. The number of rotatable bonds is 14. The predicted octanol–water partition coefficient (Wildman–Crippen LogP) is 3.00. The Hall–Kier alpha value is -4.19. The summed E-state index contributed by atoms with van der Waals surface area (Å²) in [5, 5.41) is 18.9. The minimum atomic E-state index is -0.996. The van der Waals surface area contributed by atoms with Gasteiger partial charge in [-0.2, -0.15) is 0 Å². The topological polar surface area (TPSA) is 159 Å². The smallest absolute Gasteiger partial charge is 0.408 e. The van der Waals surface area contributed by atoms with E-state index in [4.69, 9.17) is 9.47 Å². The molecule has 0 spiro atoms. The fourth-order valence-corrected chi connectivity index (χ4v) is 4.99. The van der Waals surface area contributed by atoms with Gasteiger partial charge in [-0.15, -0.1) is 0 Å². The molecule has 44 heavy (non-hydrogen) atoms. The van der Waals surface area contributed by atoms with Gasteiger partial charge in [0.2, 0.25) is 11.8 Å². The summed E-state index contributed by atoms with van der Waals surface area (Å²) in [5.74, 6) is -0.975. The number of nitrogens with zero attached hydrogens (tertiary/aromatic N) is 2. The maximum atomic E-state index is 13.5. The second-order valence-electron chi connectivity index (χ2n) is 12.0. The number of alkyl carbamates (subject to hydrolysis) is 2. The number of aromatic nitrogens is 1. The fourth-order valence-electron chi connectivity index (χ4n) is 4.99. The van der Waals surface area contributed by atoms with Crippen molar-refractivity contribution in [1.82, 2.24) is 25.8 Å². The van der Waals surface area contributed by atoms with E-state index in [-0.39, 0.29) is 50.6 Å². The normalized spacial score (nSPS) is 17.6. The number of β-amino-alcohol motifs (C(OH)–C–C–N with tert-alkyl or cyclic N) is 1. The Morgan fingerprint density at radius 1 is 0.886 bits per heavy atom. The molecule has 0 saturated carbocycles. The molecule has 0 aliphatic carbocycles. The average molecular weight is 612 g/mol. The summed E-state index contributed by atoms with van der Waals surface area (Å²) in [6, 6.07) is 11.1. The standard InChI is InChI=1S/C32H45N5O7/c1-21(2)14-25(16-34-31(41)43-19-23-8-6-5-7-9-23)30(40)37-17-27(28(38)18-37)35-29(39)26(15-22(3)4)36-32(42)44-20-24-10-12-33-13-11-24/h5-13,21-22,25-28,38H,14-20H2,1-4H3,(H,34,41)(H,35,39)(H,36,42)/t25-,26-,27?,28?/m0/s1. The highest BCUT2D eigenvalue weighted by Crippen LogP contribution is 2.19. The summed E-state index contributed by atoms with van der Waals surface area (Å²) >= 11 is 0. The molecule has 12 heteroatoms. The van der Waals surface area contributed by atoms with Crippen LogP contribution in [0.4, 0.5) is 9.59 Å². The number of amides is 4. The van der Waals surface area contributed by atoms with E-state index < -0.39 is 42.2 Å². The zero-order chi connectivity index (χ0) is 32.1. The monoisotopic (exact) mass is 611 g/mol. The number of pyridine rings is 1. The number of aliphatic hydroxyl groups is 1. The van der Waals surface area contributed by atoms with Gasteiger partial charge in [0.05, 0.1) is 18.1 Å². The Bertz CT molecular complexity index is 1210. The van der Waals surface area contributed by atoms with Gasteiger partial charge in [-0.1, -0.05) is 58.0 Å². The molecule has 1 fully saturated rings. The van der Waals surface area contributed by atoms with Crippen molar-refractivity contribution < 1.29 is 33.8 Å². The molecule has 4 amide bonds. The molecular formula is C32H45N5O7. The van der Waals surface area contributed by atoms with Crippen molar-refractivity contribution in [3.63, 3.8) is 0 Å². The molecule has 1 aliphatic rings. The highest BCUT2D eigenvalue weighted by molar-refractivity contribution is 5.86. The Labute approximate surface area is 258 Å². The highest BCUT2D eigenvalue weighted by atomic mass is 16.6. The Morgan fingerprint density at radius 2 is 1.50 bits per heavy atom. The number of hydrogen-bond acceptors (Lipinski definition) is 8. The van der Waals surface area contributed by atoms with Crippen LogP contribution in [0.5, 0.6) is 0 Å². The van der Waals surface area contributed by atoms with Crippen LogP contribution in [0.25, 0.3) is 0 Å². The minimum Gasteiger partial charge on any atom is -0.445 e. The molecule has 4 N–H and O–H groups in total. The number of aliphatic hydroxyl groups excluding tert-OH is 1. The lowest BCUT2D eigenvalue weighted by Gasteiger charge is -2.25. The molecule has 12 nitrogen and oxygen atoms in total. The second-order valence-corrected chi connectivity index (χ2v) is 12.0. The lowest BCUT2D eigenvalue weighted by molar-refractivity contribution is -0.135. The molecule has 3 rings (SSSR count). The molecule has 1 saturated heterocycles. The van der Waals surface area contributed by atoms with Crippen LogP contribution in [0.2, 0.25) is 0 Å². The van der Waals surface area contributed by atoms with E-state index in [9.17, 15) is 24.3 Å². The van der Waals surface area contributed by atoms with E-state index >= 15 is 0 Å². The van der Waals surface area contributed by atoms with Gasteiger partial charge < -0.3 is 35.4 Å². The molecule has 1 aromatic heterocycles. The van der Waals surface area contributed by atoms with Crippen LogP contribution in [0.1, 0.15) is 51.7 Å². The van der Waals surface area contributed by atoms with Gasteiger partial charge in [-0.3, -0.25) is 14.6 Å². The summed E-state index contributed by atoms with van der Waals surface area (Å²) in [7, 11) is 0. The summed E-state index contributed by atoms with van der Waals surface area (Å²) in [6.45, 7) is 8.18. The van der Waals surface area contributed by atoms with Gasteiger partial charge in [0.1, 0.15) is 19.3 Å². The summed E-state index contributed by atoms with van der Waals surface area (Å²) in [4.78, 5) is 56.9. The van der Waals surface area contributed by atoms with Crippen LogP contribution in [-0.4, -0.2) is 76.8 Å². The minimum absolute atomic E-state index is 0.0277. The molecule has 1 aromatic carbocycles. The van der Waals surface area contributed by atoms with E-state index in [2.05, 4.69) is 20.9 Å². The van der Waals surface area contributed by atoms with Gasteiger partial charge in [-0.25, -0.2) is 9.59 Å². The first-order chi connectivity index (χ1) is 21.0. The number of likely N-dealkylation sites (tertiary alicyclic amines) is 1. The molecule has 2 heterocycles. The van der Waals surface area contributed by atoms with E-state index in [1.807, 2.05) is 58.0 Å². The Morgan fingerprint density at radius 3 is 2.14 bits per heavy atom. The number of nitrogens with one attached hydrogen (secondary N) is 3. The first-order valence-electron chi connectivity index (χ1n) is 15.1. The third-order valence-electron chi connectivity index (χ3n) is 7.17. The highest BCUT2D eigenvalue weighted by Gasteiger charge is 2.38. The SMILES string of the molecule is CC(C)C[C@@H](CNC(=O)OCc1ccccc1)C(=O)N1CC(O)C(NC(=O)[C@H](CC(C)C)NC(=O)OCc2ccncc2)C1. The lowest BCUT2D eigenvalue weighted by atomic mass is 9.95. The molecular weight excluding hydrogens is 566 g/mol. The van der Waals surface area contributed by atoms with Crippen molar-refractivity contribution in [3.05, 3.63) is 66.0 Å². The molecule has 0 radical (unpaired) electrons. The second kappa shape index (κ2) is 17.2. The zero-order valence-corrected chi connectivity index (χ0v) is 25.9. The molecule has 2 unspecified atom stereocenters. The molecule has 240 valence electrons. The van der Waals surface area contributed by atoms with Crippen molar-refractivity contribution >= 4 is 24.0 Å². The first-order valence-corrected chi connectivity index (χ1v) is 15.1. The largest absolute Gasteiger partial charge is 0.445 e.